The summed E-state index contributed by atoms with van der Waals surface area (Å²) in [6.07, 6.45) is 7.49. The van der Waals surface area contributed by atoms with E-state index in [0.29, 0.717) is 0 Å². The highest BCUT2D eigenvalue weighted by atomic mass is 31.2. The van der Waals surface area contributed by atoms with Crippen molar-refractivity contribution in [3.63, 3.8) is 0 Å². The molecule has 0 radical (unpaired) electrons. The predicted octanol–water partition coefficient (Wildman–Crippen LogP) is 7.08. The predicted molar refractivity (Wildman–Crippen MR) is 156 cm³/mol. The molecule has 0 aliphatic carbocycles. The molecule has 5 aromatic rings. The third kappa shape index (κ3) is 4.87. The second-order valence-corrected chi connectivity index (χ2v) is 12.8. The molecule has 0 fully saturated rings. The van der Waals surface area contributed by atoms with Crippen LogP contribution in [0.2, 0.25) is 0 Å². The SMILES string of the molecule is CCCCc1ccc(-c2cnc(-c3ccccc3[P+](C)(c3ccccc3)c3ccccc3)nc2)cc1. The van der Waals surface area contributed by atoms with Crippen LogP contribution in [0.25, 0.3) is 22.5 Å². The highest BCUT2D eigenvalue weighted by Gasteiger charge is 2.42. The zero-order chi connectivity index (χ0) is 24.8. The summed E-state index contributed by atoms with van der Waals surface area (Å²) in [5.74, 6) is 0.770. The van der Waals surface area contributed by atoms with E-state index in [4.69, 9.17) is 9.97 Å². The third-order valence-corrected chi connectivity index (χ3v) is 10.9. The first kappa shape index (κ1) is 24.1. The van der Waals surface area contributed by atoms with Gasteiger partial charge in [0.05, 0.1) is 12.2 Å². The maximum atomic E-state index is 4.87. The molecule has 0 amide bonds. The fraction of sp³-hybridized carbons (Fsp3) is 0.152. The molecule has 2 nitrogen and oxygen atoms in total. The van der Waals surface area contributed by atoms with Crippen molar-refractivity contribution in [1.29, 1.82) is 0 Å². The molecule has 178 valence electrons. The lowest BCUT2D eigenvalue weighted by atomic mass is 10.0. The van der Waals surface area contributed by atoms with E-state index in [-0.39, 0.29) is 0 Å². The molecule has 3 heteroatoms. The molecule has 0 bridgehead atoms. The summed E-state index contributed by atoms with van der Waals surface area (Å²) in [6.45, 7) is 4.64. The maximum absolute atomic E-state index is 4.87. The number of benzene rings is 4. The van der Waals surface area contributed by atoms with Crippen LogP contribution in [-0.2, 0) is 6.42 Å². The van der Waals surface area contributed by atoms with E-state index in [1.165, 1.54) is 34.3 Å². The number of unbranched alkanes of at least 4 members (excludes halogenated alkanes) is 1. The van der Waals surface area contributed by atoms with Gasteiger partial charge in [-0.1, -0.05) is 86.1 Å². The van der Waals surface area contributed by atoms with Crippen LogP contribution in [0, 0.1) is 0 Å². The smallest absolute Gasteiger partial charge is 0.163 e. The molecule has 0 saturated heterocycles. The van der Waals surface area contributed by atoms with Gasteiger partial charge in [-0.15, -0.1) is 0 Å². The van der Waals surface area contributed by atoms with Gasteiger partial charge in [0.15, 0.2) is 5.82 Å². The van der Waals surface area contributed by atoms with Gasteiger partial charge in [0.1, 0.15) is 23.2 Å². The summed E-state index contributed by atoms with van der Waals surface area (Å²) in [5, 5.41) is 4.00. The topological polar surface area (TPSA) is 25.8 Å². The summed E-state index contributed by atoms with van der Waals surface area (Å²) in [6, 6.07) is 39.2. The summed E-state index contributed by atoms with van der Waals surface area (Å²) in [4.78, 5) is 9.73. The van der Waals surface area contributed by atoms with Gasteiger partial charge < -0.3 is 0 Å². The number of hydrogen-bond acceptors (Lipinski definition) is 2. The molecule has 1 aromatic heterocycles. The van der Waals surface area contributed by atoms with Crippen LogP contribution in [0.4, 0.5) is 0 Å². The minimum atomic E-state index is -1.89. The lowest BCUT2D eigenvalue weighted by Crippen LogP contribution is -2.31. The second kappa shape index (κ2) is 11.0. The number of aromatic nitrogens is 2. The van der Waals surface area contributed by atoms with Crippen molar-refractivity contribution in [3.05, 3.63) is 127 Å². The number of aryl methyl sites for hydroxylation is 1. The average Bonchev–Trinajstić information content (AvgIpc) is 2.97. The average molecular weight is 488 g/mol. The first-order chi connectivity index (χ1) is 17.7. The molecule has 0 saturated carbocycles. The van der Waals surface area contributed by atoms with Gasteiger partial charge in [-0.3, -0.25) is 0 Å². The van der Waals surface area contributed by atoms with E-state index in [9.17, 15) is 0 Å². The standard InChI is InChI=1S/C33H32N2P/c1-3-4-13-26-20-22-27(23-21-26)28-24-34-33(35-25-28)31-18-11-12-19-32(31)36(2,29-14-7-5-8-15-29)30-16-9-6-10-17-30/h5-12,14-25H,3-4,13H2,1-2H3/q+1. The highest BCUT2D eigenvalue weighted by Crippen LogP contribution is 2.53. The highest BCUT2D eigenvalue weighted by molar-refractivity contribution is 7.95. The minimum absolute atomic E-state index is 0.770. The largest absolute Gasteiger partial charge is 0.236 e. The molecule has 0 atom stereocenters. The number of nitrogens with zero attached hydrogens (tertiary/aromatic N) is 2. The second-order valence-electron chi connectivity index (χ2n) is 9.29. The Morgan fingerprint density at radius 2 is 1.17 bits per heavy atom. The fourth-order valence-corrected chi connectivity index (χ4v) is 8.23. The molecule has 0 spiro atoms. The van der Waals surface area contributed by atoms with Crippen LogP contribution in [0.15, 0.2) is 122 Å². The first-order valence-electron chi connectivity index (χ1n) is 12.7. The molecular formula is C33H32N2P+. The number of rotatable bonds is 8. The minimum Gasteiger partial charge on any atom is -0.236 e. The molecule has 1 heterocycles. The quantitative estimate of drug-likeness (QED) is 0.219. The molecule has 5 rings (SSSR count). The molecule has 4 aromatic carbocycles. The zero-order valence-corrected chi connectivity index (χ0v) is 21.9. The van der Waals surface area contributed by atoms with Crippen LogP contribution in [0.1, 0.15) is 25.3 Å². The zero-order valence-electron chi connectivity index (χ0n) is 21.0. The van der Waals surface area contributed by atoms with Crippen LogP contribution in [0.3, 0.4) is 0 Å². The van der Waals surface area contributed by atoms with Crippen molar-refractivity contribution in [2.45, 2.75) is 26.2 Å². The Bertz CT molecular complexity index is 1360. The Hall–Kier alpha value is -3.61. The van der Waals surface area contributed by atoms with Crippen LogP contribution < -0.4 is 15.9 Å². The normalized spacial score (nSPS) is 11.4. The lowest BCUT2D eigenvalue weighted by Gasteiger charge is -2.25. The molecule has 0 aliphatic heterocycles. The van der Waals surface area contributed by atoms with Crippen molar-refractivity contribution in [3.8, 4) is 22.5 Å². The summed E-state index contributed by atoms with van der Waals surface area (Å²) in [7, 11) is -1.89. The van der Waals surface area contributed by atoms with Gasteiger partial charge in [-0.05, 0) is 60.4 Å². The first-order valence-corrected chi connectivity index (χ1v) is 14.9. The Balaban J connectivity index is 1.54. The Kier molecular flexibility index (Phi) is 7.35. The van der Waals surface area contributed by atoms with Gasteiger partial charge in [0.25, 0.3) is 0 Å². The van der Waals surface area contributed by atoms with Gasteiger partial charge in [0.2, 0.25) is 0 Å². The molecule has 0 unspecified atom stereocenters. The maximum Gasteiger partial charge on any atom is 0.163 e. The van der Waals surface area contributed by atoms with E-state index in [0.717, 1.165) is 28.9 Å². The molecule has 36 heavy (non-hydrogen) atoms. The van der Waals surface area contributed by atoms with Crippen LogP contribution in [-0.4, -0.2) is 16.6 Å². The van der Waals surface area contributed by atoms with Crippen molar-refractivity contribution in [2.24, 2.45) is 0 Å². The van der Waals surface area contributed by atoms with Crippen molar-refractivity contribution >= 4 is 23.2 Å². The monoisotopic (exact) mass is 487 g/mol. The van der Waals surface area contributed by atoms with Crippen molar-refractivity contribution < 1.29 is 0 Å². The van der Waals surface area contributed by atoms with E-state index >= 15 is 0 Å². The Morgan fingerprint density at radius 1 is 0.611 bits per heavy atom. The molecule has 0 aliphatic rings. The van der Waals surface area contributed by atoms with Crippen molar-refractivity contribution in [1.82, 2.24) is 9.97 Å². The van der Waals surface area contributed by atoms with Crippen LogP contribution in [0.5, 0.6) is 0 Å². The number of hydrogen-bond donors (Lipinski definition) is 0. The summed E-state index contributed by atoms with van der Waals surface area (Å²) in [5.41, 5.74) is 4.68. The third-order valence-electron chi connectivity index (χ3n) is 6.93. The van der Waals surface area contributed by atoms with Gasteiger partial charge in [-0.2, -0.15) is 0 Å². The Labute approximate surface area is 215 Å². The van der Waals surface area contributed by atoms with E-state index < -0.39 is 7.26 Å². The van der Waals surface area contributed by atoms with Crippen LogP contribution >= 0.6 is 7.26 Å². The fourth-order valence-electron chi connectivity index (χ4n) is 4.79. The van der Waals surface area contributed by atoms with Gasteiger partial charge >= 0.3 is 0 Å². The van der Waals surface area contributed by atoms with Gasteiger partial charge in [0, 0.05) is 18.0 Å². The van der Waals surface area contributed by atoms with E-state index in [1.54, 1.807) is 0 Å². The lowest BCUT2D eigenvalue weighted by molar-refractivity contribution is 0.795. The summed E-state index contributed by atoms with van der Waals surface area (Å²) < 4.78 is 0. The molecular weight excluding hydrogens is 455 g/mol. The van der Waals surface area contributed by atoms with Gasteiger partial charge in [-0.25, -0.2) is 9.97 Å². The summed E-state index contributed by atoms with van der Waals surface area (Å²) >= 11 is 0. The van der Waals surface area contributed by atoms with Crippen molar-refractivity contribution in [2.75, 3.05) is 6.66 Å². The van der Waals surface area contributed by atoms with E-state index in [2.05, 4.69) is 123 Å². The Morgan fingerprint density at radius 3 is 1.75 bits per heavy atom. The molecule has 0 N–H and O–H groups in total. The van der Waals surface area contributed by atoms with E-state index in [1.807, 2.05) is 12.4 Å².